The molecule has 1 atom stereocenters. The fourth-order valence-electron chi connectivity index (χ4n) is 2.61. The van der Waals surface area contributed by atoms with Crippen LogP contribution in [0.5, 0.6) is 0 Å². The number of tetrazole rings is 1. The van der Waals surface area contributed by atoms with Gasteiger partial charge in [0.25, 0.3) is 5.56 Å². The van der Waals surface area contributed by atoms with Crippen LogP contribution in [0.1, 0.15) is 34.2 Å². The summed E-state index contributed by atoms with van der Waals surface area (Å²) in [6.07, 6.45) is 1.62. The van der Waals surface area contributed by atoms with Gasteiger partial charge in [0, 0.05) is 4.88 Å². The Kier molecular flexibility index (Phi) is 4.37. The molecule has 0 aromatic carbocycles. The zero-order chi connectivity index (χ0) is 18.3. The third kappa shape index (κ3) is 3.06. The van der Waals surface area contributed by atoms with Crippen LogP contribution in [-0.2, 0) is 6.54 Å². The topological polar surface area (TPSA) is 102 Å². The van der Waals surface area contributed by atoms with Crippen molar-refractivity contribution in [3.63, 3.8) is 0 Å². The minimum atomic E-state index is -0.115. The fourth-order valence-corrected chi connectivity index (χ4v) is 4.49. The molecule has 0 aliphatic rings. The molecule has 0 saturated heterocycles. The third-order valence-corrected chi connectivity index (χ3v) is 6.29. The summed E-state index contributed by atoms with van der Waals surface area (Å²) in [5, 5.41) is 13.0. The van der Waals surface area contributed by atoms with Crippen LogP contribution in [0.25, 0.3) is 10.2 Å². The molecule has 0 unspecified atom stereocenters. The number of fused-ring (bicyclic) bond motifs is 1. The van der Waals surface area contributed by atoms with Crippen molar-refractivity contribution in [1.82, 2.24) is 30.2 Å². The SMILES string of the molecule is Cc1sc2nc([C@H](C)Sc3nnnn3Cc3ccco3)[nH]c(=O)c2c1C. The van der Waals surface area contributed by atoms with Crippen molar-refractivity contribution >= 4 is 33.3 Å². The van der Waals surface area contributed by atoms with Crippen molar-refractivity contribution in [3.05, 3.63) is 50.8 Å². The highest BCUT2D eigenvalue weighted by atomic mass is 32.2. The molecule has 134 valence electrons. The predicted octanol–water partition coefficient (Wildman–Crippen LogP) is 3.08. The average molecular weight is 388 g/mol. The normalized spacial score (nSPS) is 12.7. The molecule has 8 nitrogen and oxygen atoms in total. The average Bonchev–Trinajstić information content (AvgIpc) is 3.32. The molecule has 4 rings (SSSR count). The monoisotopic (exact) mass is 388 g/mol. The first-order chi connectivity index (χ1) is 12.5. The molecule has 26 heavy (non-hydrogen) atoms. The third-order valence-electron chi connectivity index (χ3n) is 4.11. The number of nitrogens with one attached hydrogen (secondary N) is 1. The highest BCUT2D eigenvalue weighted by Crippen LogP contribution is 2.33. The summed E-state index contributed by atoms with van der Waals surface area (Å²) < 4.78 is 7.01. The molecule has 4 aromatic rings. The molecular formula is C16H16N6O2S2. The van der Waals surface area contributed by atoms with Gasteiger partial charge in [0.1, 0.15) is 23.0 Å². The van der Waals surface area contributed by atoms with E-state index in [1.165, 1.54) is 11.8 Å². The molecule has 0 amide bonds. The van der Waals surface area contributed by atoms with Crippen molar-refractivity contribution in [2.75, 3.05) is 0 Å². The molecule has 0 saturated carbocycles. The van der Waals surface area contributed by atoms with Crippen molar-refractivity contribution in [2.45, 2.75) is 37.7 Å². The summed E-state index contributed by atoms with van der Waals surface area (Å²) in [6.45, 7) is 6.36. The quantitative estimate of drug-likeness (QED) is 0.524. The Labute approximate surface area is 156 Å². The molecule has 0 fully saturated rings. The van der Waals surface area contributed by atoms with Gasteiger partial charge in [-0.05, 0) is 48.9 Å². The first-order valence-corrected chi connectivity index (χ1v) is 9.67. The van der Waals surface area contributed by atoms with Crippen LogP contribution in [-0.4, -0.2) is 30.2 Å². The zero-order valence-electron chi connectivity index (χ0n) is 14.4. The lowest BCUT2D eigenvalue weighted by molar-refractivity contribution is 0.462. The number of thioether (sulfide) groups is 1. The van der Waals surface area contributed by atoms with Crippen LogP contribution in [0.15, 0.2) is 32.8 Å². The smallest absolute Gasteiger partial charge is 0.259 e. The number of hydrogen-bond donors (Lipinski definition) is 1. The van der Waals surface area contributed by atoms with Gasteiger partial charge in [-0.15, -0.1) is 16.4 Å². The molecular weight excluding hydrogens is 372 g/mol. The van der Waals surface area contributed by atoms with Crippen molar-refractivity contribution in [2.24, 2.45) is 0 Å². The minimum absolute atomic E-state index is 0.102. The van der Waals surface area contributed by atoms with E-state index in [0.717, 1.165) is 21.0 Å². The number of nitrogens with zero attached hydrogens (tertiary/aromatic N) is 5. The lowest BCUT2D eigenvalue weighted by Gasteiger charge is -2.10. The van der Waals surface area contributed by atoms with E-state index >= 15 is 0 Å². The number of rotatable bonds is 5. The van der Waals surface area contributed by atoms with Gasteiger partial charge in [-0.2, -0.15) is 0 Å². The summed E-state index contributed by atoms with van der Waals surface area (Å²) in [4.78, 5) is 21.9. The minimum Gasteiger partial charge on any atom is -0.467 e. The summed E-state index contributed by atoms with van der Waals surface area (Å²) >= 11 is 2.98. The van der Waals surface area contributed by atoms with Crippen LogP contribution in [0.4, 0.5) is 0 Å². The van der Waals surface area contributed by atoms with E-state index < -0.39 is 0 Å². The fraction of sp³-hybridized carbons (Fsp3) is 0.312. The predicted molar refractivity (Wildman–Crippen MR) is 99.6 cm³/mol. The Balaban J connectivity index is 1.61. The van der Waals surface area contributed by atoms with Gasteiger partial charge in [0.05, 0.1) is 16.9 Å². The van der Waals surface area contributed by atoms with Crippen molar-refractivity contribution < 1.29 is 4.42 Å². The molecule has 0 aliphatic heterocycles. The van der Waals surface area contributed by atoms with Crippen LogP contribution in [0.2, 0.25) is 0 Å². The second kappa shape index (κ2) is 6.69. The van der Waals surface area contributed by atoms with E-state index in [4.69, 9.17) is 4.42 Å². The van der Waals surface area contributed by atoms with E-state index in [0.29, 0.717) is 22.9 Å². The van der Waals surface area contributed by atoms with Crippen molar-refractivity contribution in [3.8, 4) is 0 Å². The number of furan rings is 1. The number of hydrogen-bond acceptors (Lipinski definition) is 8. The Bertz CT molecular complexity index is 1110. The molecule has 0 spiro atoms. The molecule has 0 aliphatic carbocycles. The van der Waals surface area contributed by atoms with Gasteiger partial charge < -0.3 is 9.40 Å². The maximum Gasteiger partial charge on any atom is 0.259 e. The molecule has 0 radical (unpaired) electrons. The molecule has 0 bridgehead atoms. The Morgan fingerprint density at radius 3 is 3.04 bits per heavy atom. The number of H-pyrrole nitrogens is 1. The van der Waals surface area contributed by atoms with Crippen molar-refractivity contribution in [1.29, 1.82) is 0 Å². The van der Waals surface area contributed by atoms with Gasteiger partial charge in [-0.25, -0.2) is 9.67 Å². The van der Waals surface area contributed by atoms with E-state index in [1.807, 2.05) is 32.9 Å². The van der Waals surface area contributed by atoms with Gasteiger partial charge >= 0.3 is 0 Å². The maximum absolute atomic E-state index is 12.5. The standard InChI is InChI=1S/C16H16N6O2S2/c1-8-9(2)25-15-12(8)14(23)17-13(18-15)10(3)26-16-19-20-21-22(16)7-11-5-4-6-24-11/h4-6,10H,7H2,1-3H3,(H,17,18,23)/t10-/m0/s1. The summed E-state index contributed by atoms with van der Waals surface area (Å²) in [7, 11) is 0. The molecule has 1 N–H and O–H groups in total. The van der Waals surface area contributed by atoms with Crippen LogP contribution >= 0.6 is 23.1 Å². The van der Waals surface area contributed by atoms with Gasteiger partial charge in [0.2, 0.25) is 5.16 Å². The van der Waals surface area contributed by atoms with E-state index in [2.05, 4.69) is 25.5 Å². The number of aromatic nitrogens is 6. The number of thiophene rings is 1. The van der Waals surface area contributed by atoms with E-state index in [9.17, 15) is 4.79 Å². The Morgan fingerprint density at radius 2 is 2.27 bits per heavy atom. The number of aryl methyl sites for hydroxylation is 2. The Morgan fingerprint density at radius 1 is 1.42 bits per heavy atom. The lowest BCUT2D eigenvalue weighted by atomic mass is 10.2. The van der Waals surface area contributed by atoms with Gasteiger partial charge in [0.15, 0.2) is 0 Å². The summed E-state index contributed by atoms with van der Waals surface area (Å²) in [6, 6.07) is 3.69. The lowest BCUT2D eigenvalue weighted by Crippen LogP contribution is -2.13. The highest BCUT2D eigenvalue weighted by Gasteiger charge is 2.19. The zero-order valence-corrected chi connectivity index (χ0v) is 16.0. The second-order valence-electron chi connectivity index (χ2n) is 5.87. The van der Waals surface area contributed by atoms with Crippen LogP contribution in [0, 0.1) is 13.8 Å². The molecule has 4 heterocycles. The van der Waals surface area contributed by atoms with Crippen LogP contribution < -0.4 is 5.56 Å². The van der Waals surface area contributed by atoms with Gasteiger partial charge in [-0.3, -0.25) is 4.79 Å². The first-order valence-electron chi connectivity index (χ1n) is 7.98. The molecule has 4 aromatic heterocycles. The second-order valence-corrected chi connectivity index (χ2v) is 8.38. The van der Waals surface area contributed by atoms with Gasteiger partial charge in [-0.1, -0.05) is 11.8 Å². The summed E-state index contributed by atoms with van der Waals surface area (Å²) in [5.41, 5.74) is 0.891. The van der Waals surface area contributed by atoms with Crippen LogP contribution in [0.3, 0.4) is 0 Å². The van der Waals surface area contributed by atoms with E-state index in [-0.39, 0.29) is 10.8 Å². The first kappa shape index (κ1) is 17.0. The number of aromatic amines is 1. The summed E-state index contributed by atoms with van der Waals surface area (Å²) in [5.74, 6) is 1.38. The highest BCUT2D eigenvalue weighted by molar-refractivity contribution is 7.99. The molecule has 10 heteroatoms. The van der Waals surface area contributed by atoms with E-state index in [1.54, 1.807) is 22.3 Å². The largest absolute Gasteiger partial charge is 0.467 e. The maximum atomic E-state index is 12.5. The Hall–Kier alpha value is -2.46.